The molecule has 0 bridgehead atoms. The third-order valence-electron chi connectivity index (χ3n) is 5.49. The normalized spacial score (nSPS) is 15.4. The Morgan fingerprint density at radius 3 is 2.40 bits per heavy atom. The fourth-order valence-electron chi connectivity index (χ4n) is 3.84. The summed E-state index contributed by atoms with van der Waals surface area (Å²) in [5.41, 5.74) is 1.60. The lowest BCUT2D eigenvalue weighted by molar-refractivity contribution is 0.209. The Hall–Kier alpha value is -2.35. The van der Waals surface area contributed by atoms with Gasteiger partial charge in [0, 0.05) is 38.3 Å². The van der Waals surface area contributed by atoms with Crippen LogP contribution >= 0.6 is 11.6 Å². The van der Waals surface area contributed by atoms with Crippen molar-refractivity contribution in [3.63, 3.8) is 0 Å². The van der Waals surface area contributed by atoms with Crippen molar-refractivity contribution in [2.45, 2.75) is 30.7 Å². The number of aromatic nitrogens is 1. The van der Waals surface area contributed by atoms with Crippen LogP contribution in [0.4, 0.5) is 4.79 Å². The van der Waals surface area contributed by atoms with Gasteiger partial charge >= 0.3 is 6.03 Å². The third-order valence-corrected chi connectivity index (χ3v) is 7.71. The molecule has 3 aromatic rings. The van der Waals surface area contributed by atoms with E-state index in [1.54, 1.807) is 46.7 Å². The molecule has 1 aromatic heterocycles. The molecule has 1 aliphatic heterocycles. The van der Waals surface area contributed by atoms with Crippen LogP contribution < -0.4 is 0 Å². The van der Waals surface area contributed by atoms with E-state index in [2.05, 4.69) is 0 Å². The number of sulfonamides is 1. The number of piperidine rings is 1. The largest absolute Gasteiger partial charge is 0.328 e. The van der Waals surface area contributed by atoms with Crippen LogP contribution in [0.15, 0.2) is 59.6 Å². The lowest BCUT2D eigenvalue weighted by Gasteiger charge is -2.26. The summed E-state index contributed by atoms with van der Waals surface area (Å²) < 4.78 is 28.7. The van der Waals surface area contributed by atoms with Crippen LogP contribution in [0.1, 0.15) is 24.8 Å². The number of carbonyl (C=O) groups excluding carboxylic acids is 1. The maximum Gasteiger partial charge on any atom is 0.328 e. The van der Waals surface area contributed by atoms with Gasteiger partial charge in [-0.25, -0.2) is 13.2 Å². The van der Waals surface area contributed by atoms with Crippen LogP contribution in [0.25, 0.3) is 10.9 Å². The molecule has 1 fully saturated rings. The van der Waals surface area contributed by atoms with Crippen molar-refractivity contribution in [1.29, 1.82) is 0 Å². The highest BCUT2D eigenvalue weighted by atomic mass is 35.5. The van der Waals surface area contributed by atoms with Crippen LogP contribution in [0.5, 0.6) is 0 Å². The van der Waals surface area contributed by atoms with Crippen molar-refractivity contribution >= 4 is 38.6 Å². The van der Waals surface area contributed by atoms with Crippen LogP contribution in [-0.2, 0) is 16.6 Å². The van der Waals surface area contributed by atoms with E-state index in [1.807, 2.05) is 24.3 Å². The van der Waals surface area contributed by atoms with Crippen molar-refractivity contribution in [2.24, 2.45) is 0 Å². The Balaban J connectivity index is 1.49. The number of benzene rings is 2. The molecular weight excluding hydrogens is 422 g/mol. The van der Waals surface area contributed by atoms with E-state index >= 15 is 0 Å². The molecule has 6 nitrogen and oxygen atoms in total. The van der Waals surface area contributed by atoms with Gasteiger partial charge in [-0.15, -0.1) is 0 Å². The molecule has 158 valence electrons. The molecule has 1 saturated heterocycles. The van der Waals surface area contributed by atoms with Gasteiger partial charge in [0.05, 0.1) is 15.4 Å². The molecule has 30 heavy (non-hydrogen) atoms. The van der Waals surface area contributed by atoms with E-state index < -0.39 is 10.0 Å². The molecule has 2 aromatic carbocycles. The summed E-state index contributed by atoms with van der Waals surface area (Å²) in [6, 6.07) is 14.1. The Labute approximate surface area is 181 Å². The standard InChI is InChI=1S/C22H24ClN3O3S/c1-24(22(27)26-16-20(23)19-7-3-4-8-21(19)26)15-17-9-11-18(12-10-17)30(28,29)25-13-5-2-6-14-25/h3-4,7-12,16H,2,5-6,13-15H2,1H3. The topological polar surface area (TPSA) is 62.6 Å². The fourth-order valence-corrected chi connectivity index (χ4v) is 5.62. The Morgan fingerprint density at radius 2 is 1.70 bits per heavy atom. The first-order chi connectivity index (χ1) is 14.4. The maximum absolute atomic E-state index is 12.9. The zero-order valence-electron chi connectivity index (χ0n) is 16.8. The number of hydrogen-bond donors (Lipinski definition) is 0. The number of halogens is 1. The van der Waals surface area contributed by atoms with Crippen molar-refractivity contribution in [3.05, 3.63) is 65.3 Å². The summed E-state index contributed by atoms with van der Waals surface area (Å²) in [4.78, 5) is 14.8. The van der Waals surface area contributed by atoms with Gasteiger partial charge in [0.2, 0.25) is 10.0 Å². The fraction of sp³-hybridized carbons (Fsp3) is 0.318. The SMILES string of the molecule is CN(Cc1ccc(S(=O)(=O)N2CCCCC2)cc1)C(=O)n1cc(Cl)c2ccccc21. The Bertz CT molecular complexity index is 1170. The Morgan fingerprint density at radius 1 is 1.03 bits per heavy atom. The molecule has 0 aliphatic carbocycles. The van der Waals surface area contributed by atoms with E-state index in [1.165, 1.54) is 4.57 Å². The van der Waals surface area contributed by atoms with Crippen molar-refractivity contribution in [1.82, 2.24) is 13.8 Å². The highest BCUT2D eigenvalue weighted by Gasteiger charge is 2.25. The van der Waals surface area contributed by atoms with Gasteiger partial charge in [-0.3, -0.25) is 4.57 Å². The first-order valence-electron chi connectivity index (χ1n) is 9.98. The van der Waals surface area contributed by atoms with Gasteiger partial charge in [-0.05, 0) is 36.6 Å². The molecular formula is C22H24ClN3O3S. The summed E-state index contributed by atoms with van der Waals surface area (Å²) >= 11 is 6.26. The number of carbonyl (C=O) groups is 1. The first kappa shape index (κ1) is 20.9. The van der Waals surface area contributed by atoms with Crippen LogP contribution in [0.3, 0.4) is 0 Å². The summed E-state index contributed by atoms with van der Waals surface area (Å²) in [5, 5.41) is 1.35. The minimum atomic E-state index is -3.45. The van der Waals surface area contributed by atoms with Gasteiger partial charge < -0.3 is 4.90 Å². The van der Waals surface area contributed by atoms with Crippen molar-refractivity contribution in [3.8, 4) is 0 Å². The molecule has 4 rings (SSSR count). The molecule has 0 radical (unpaired) electrons. The van der Waals surface area contributed by atoms with Gasteiger partial charge in [-0.1, -0.05) is 48.4 Å². The molecule has 8 heteroatoms. The second-order valence-electron chi connectivity index (χ2n) is 7.61. The molecule has 0 saturated carbocycles. The van der Waals surface area contributed by atoms with Crippen LogP contribution in [-0.4, -0.2) is 48.4 Å². The third kappa shape index (κ3) is 3.97. The number of amides is 1. The Kier molecular flexibility index (Phi) is 5.86. The van der Waals surface area contributed by atoms with E-state index in [0.717, 1.165) is 35.7 Å². The van der Waals surface area contributed by atoms with E-state index in [4.69, 9.17) is 11.6 Å². The predicted octanol–water partition coefficient (Wildman–Crippen LogP) is 4.57. The monoisotopic (exact) mass is 445 g/mol. The molecule has 1 amide bonds. The summed E-state index contributed by atoms with van der Waals surface area (Å²) in [7, 11) is -1.74. The number of fused-ring (bicyclic) bond motifs is 1. The van der Waals surface area contributed by atoms with Gasteiger partial charge in [0.1, 0.15) is 0 Å². The number of para-hydroxylation sites is 1. The lowest BCUT2D eigenvalue weighted by Crippen LogP contribution is -2.35. The highest BCUT2D eigenvalue weighted by molar-refractivity contribution is 7.89. The molecule has 0 spiro atoms. The number of rotatable bonds is 4. The average molecular weight is 446 g/mol. The zero-order valence-corrected chi connectivity index (χ0v) is 18.4. The number of hydrogen-bond acceptors (Lipinski definition) is 3. The molecule has 0 atom stereocenters. The minimum absolute atomic E-state index is 0.205. The second-order valence-corrected chi connectivity index (χ2v) is 9.96. The van der Waals surface area contributed by atoms with Crippen molar-refractivity contribution in [2.75, 3.05) is 20.1 Å². The van der Waals surface area contributed by atoms with Gasteiger partial charge in [0.15, 0.2) is 0 Å². The molecule has 0 unspecified atom stereocenters. The summed E-state index contributed by atoms with van der Waals surface area (Å²) in [6.07, 6.45) is 4.51. The zero-order chi connectivity index (χ0) is 21.3. The second kappa shape index (κ2) is 8.41. The van der Waals surface area contributed by atoms with Gasteiger partial charge in [-0.2, -0.15) is 4.31 Å². The summed E-state index contributed by atoms with van der Waals surface area (Å²) in [6.45, 7) is 1.51. The number of nitrogens with zero attached hydrogens (tertiary/aromatic N) is 3. The quantitative estimate of drug-likeness (QED) is 0.591. The molecule has 1 aliphatic rings. The van der Waals surface area contributed by atoms with E-state index in [0.29, 0.717) is 29.6 Å². The molecule has 2 heterocycles. The molecule has 0 N–H and O–H groups in total. The summed E-state index contributed by atoms with van der Waals surface area (Å²) in [5.74, 6) is 0. The van der Waals surface area contributed by atoms with Gasteiger partial charge in [0.25, 0.3) is 0 Å². The van der Waals surface area contributed by atoms with Crippen LogP contribution in [0, 0.1) is 0 Å². The minimum Gasteiger partial charge on any atom is -0.323 e. The van der Waals surface area contributed by atoms with E-state index in [9.17, 15) is 13.2 Å². The smallest absolute Gasteiger partial charge is 0.323 e. The van der Waals surface area contributed by atoms with E-state index in [-0.39, 0.29) is 6.03 Å². The average Bonchev–Trinajstić information content (AvgIpc) is 3.11. The predicted molar refractivity (Wildman–Crippen MR) is 118 cm³/mol. The lowest BCUT2D eigenvalue weighted by atomic mass is 10.2. The van der Waals surface area contributed by atoms with Crippen LogP contribution in [0.2, 0.25) is 5.02 Å². The first-order valence-corrected chi connectivity index (χ1v) is 11.8. The maximum atomic E-state index is 12.9. The highest BCUT2D eigenvalue weighted by Crippen LogP contribution is 2.26. The van der Waals surface area contributed by atoms with Crippen molar-refractivity contribution < 1.29 is 13.2 Å².